The van der Waals surface area contributed by atoms with Crippen LogP contribution in [0.25, 0.3) is 0 Å². The van der Waals surface area contributed by atoms with Crippen molar-refractivity contribution in [2.24, 2.45) is 5.73 Å². The van der Waals surface area contributed by atoms with Crippen molar-refractivity contribution in [3.8, 4) is 11.5 Å². The first kappa shape index (κ1) is 38.9. The SMILES string of the molecule is C=C/C(CN)=C(\C=C)OC(C)(F)C(F)F.CCC(Cc1ccccc1)(c1cccc(OC(C)(F)F)c1)c1cccc(OC(C)(F)F)c1. The highest BCUT2D eigenvalue weighted by molar-refractivity contribution is 5.46. The smallest absolute Gasteiger partial charge is 0.394 e. The normalized spacial score (nSPS) is 13.8. The highest BCUT2D eigenvalue weighted by Crippen LogP contribution is 2.42. The highest BCUT2D eigenvalue weighted by atomic mass is 19.3. The molecule has 0 aliphatic carbocycles. The summed E-state index contributed by atoms with van der Waals surface area (Å²) < 4.78 is 106. The van der Waals surface area contributed by atoms with Crippen molar-refractivity contribution in [3.05, 3.63) is 132 Å². The van der Waals surface area contributed by atoms with Gasteiger partial charge in [0, 0.05) is 38.3 Å². The highest BCUT2D eigenvalue weighted by Gasteiger charge is 2.38. The molecule has 3 aromatic carbocycles. The van der Waals surface area contributed by atoms with E-state index in [0.717, 1.165) is 22.8 Å². The second-order valence-electron chi connectivity index (χ2n) is 10.9. The average Bonchev–Trinajstić information content (AvgIpc) is 2.99. The first-order chi connectivity index (χ1) is 21.9. The summed E-state index contributed by atoms with van der Waals surface area (Å²) >= 11 is 0. The molecular weight excluding hydrogens is 627 g/mol. The van der Waals surface area contributed by atoms with Crippen LogP contribution in [0.3, 0.4) is 0 Å². The maximum atomic E-state index is 13.5. The van der Waals surface area contributed by atoms with Crippen molar-refractivity contribution < 1.29 is 44.9 Å². The molecule has 0 radical (unpaired) electrons. The number of hydrogen-bond donors (Lipinski definition) is 1. The molecule has 0 aliphatic heterocycles. The monoisotopic (exact) mass is 667 g/mol. The summed E-state index contributed by atoms with van der Waals surface area (Å²) in [6.07, 6.45) is -6.37. The molecule has 47 heavy (non-hydrogen) atoms. The maximum Gasteiger partial charge on any atom is 0.394 e. The van der Waals surface area contributed by atoms with Gasteiger partial charge in [0.15, 0.2) is 0 Å². The van der Waals surface area contributed by atoms with E-state index in [1.165, 1.54) is 18.2 Å². The van der Waals surface area contributed by atoms with E-state index in [1.54, 1.807) is 24.3 Å². The molecule has 0 fully saturated rings. The van der Waals surface area contributed by atoms with Gasteiger partial charge in [0.05, 0.1) is 0 Å². The maximum absolute atomic E-state index is 13.5. The number of hydrogen-bond acceptors (Lipinski definition) is 4. The Kier molecular flexibility index (Phi) is 13.7. The molecule has 1 unspecified atom stereocenters. The summed E-state index contributed by atoms with van der Waals surface area (Å²) in [5.41, 5.74) is 7.42. The standard InChI is InChI=1S/C26H26F4O2.C10H14F3NO/c1-4-26(18-19-10-6-5-7-11-19,20-12-8-14-22(16-20)31-24(2,27)28)21-13-9-15-23(17-21)32-25(3,29)30;1-4-7(6-14)8(5-2)15-10(3,13)9(11)12/h5-17H,4,18H2,1-3H3;4-5,9H,1-2,6,14H2,3H3/b;8-7-. The van der Waals surface area contributed by atoms with Crippen molar-refractivity contribution in [2.75, 3.05) is 6.54 Å². The lowest BCUT2D eigenvalue weighted by Gasteiger charge is -2.35. The number of nitrogens with two attached hydrogens (primary N) is 1. The molecule has 0 amide bonds. The summed E-state index contributed by atoms with van der Waals surface area (Å²) in [6.45, 7) is 10.7. The topological polar surface area (TPSA) is 53.7 Å². The van der Waals surface area contributed by atoms with Crippen LogP contribution in [0.1, 0.15) is 50.8 Å². The number of benzene rings is 3. The number of halogens is 7. The Balaban J connectivity index is 0.000000433. The lowest BCUT2D eigenvalue weighted by Crippen LogP contribution is -2.31. The summed E-state index contributed by atoms with van der Waals surface area (Å²) in [5, 5.41) is 0. The third-order valence-corrected chi connectivity index (χ3v) is 6.99. The van der Waals surface area contributed by atoms with Gasteiger partial charge in [-0.05, 0) is 59.9 Å². The molecule has 1 atom stereocenters. The Morgan fingerprint density at radius 1 is 0.766 bits per heavy atom. The van der Waals surface area contributed by atoms with Crippen LogP contribution in [0.5, 0.6) is 11.5 Å². The van der Waals surface area contributed by atoms with Crippen molar-refractivity contribution in [3.63, 3.8) is 0 Å². The first-order valence-electron chi connectivity index (χ1n) is 14.6. The predicted molar refractivity (Wildman–Crippen MR) is 170 cm³/mol. The van der Waals surface area contributed by atoms with Crippen LogP contribution in [-0.2, 0) is 16.6 Å². The van der Waals surface area contributed by atoms with Crippen LogP contribution in [0.2, 0.25) is 0 Å². The molecule has 11 heteroatoms. The Hall–Kier alpha value is -4.25. The fourth-order valence-electron chi connectivity index (χ4n) is 4.76. The van der Waals surface area contributed by atoms with Crippen LogP contribution in [0.15, 0.2) is 116 Å². The molecular formula is C36H40F7NO3. The van der Waals surface area contributed by atoms with Gasteiger partial charge in [-0.15, -0.1) is 0 Å². The Labute approximate surface area is 271 Å². The third-order valence-electron chi connectivity index (χ3n) is 6.99. The van der Waals surface area contributed by atoms with E-state index in [2.05, 4.69) is 17.9 Å². The summed E-state index contributed by atoms with van der Waals surface area (Å²) in [5.74, 6) is -3.12. The van der Waals surface area contributed by atoms with Crippen molar-refractivity contribution in [1.29, 1.82) is 0 Å². The molecule has 0 heterocycles. The predicted octanol–water partition coefficient (Wildman–Crippen LogP) is 10.1. The quantitative estimate of drug-likeness (QED) is 0.0996. The second-order valence-corrected chi connectivity index (χ2v) is 10.9. The van der Waals surface area contributed by atoms with Crippen LogP contribution < -0.4 is 15.2 Å². The molecule has 0 saturated heterocycles. The number of ether oxygens (including phenoxy) is 3. The lowest BCUT2D eigenvalue weighted by molar-refractivity contribution is -0.184. The van der Waals surface area contributed by atoms with Crippen LogP contribution in [0, 0.1) is 0 Å². The molecule has 0 bridgehead atoms. The van der Waals surface area contributed by atoms with Crippen molar-refractivity contribution in [1.82, 2.24) is 0 Å². The molecule has 2 N–H and O–H groups in total. The number of alkyl halides is 7. The first-order valence-corrected chi connectivity index (χ1v) is 14.6. The molecule has 256 valence electrons. The molecule has 3 rings (SSSR count). The molecule has 3 aromatic rings. The van der Waals surface area contributed by atoms with Crippen LogP contribution in [0.4, 0.5) is 30.7 Å². The zero-order chi connectivity index (χ0) is 35.5. The Morgan fingerprint density at radius 3 is 1.62 bits per heavy atom. The molecule has 0 aromatic heterocycles. The molecule has 0 saturated carbocycles. The molecule has 0 aliphatic rings. The fourth-order valence-corrected chi connectivity index (χ4v) is 4.76. The summed E-state index contributed by atoms with van der Waals surface area (Å²) in [7, 11) is 0. The van der Waals surface area contributed by atoms with Crippen LogP contribution in [-0.4, -0.2) is 31.0 Å². The third kappa shape index (κ3) is 11.8. The summed E-state index contributed by atoms with van der Waals surface area (Å²) in [4.78, 5) is 0. The zero-order valence-corrected chi connectivity index (χ0v) is 26.7. The number of rotatable bonds is 15. The van der Waals surface area contributed by atoms with Crippen LogP contribution >= 0.6 is 0 Å². The molecule has 0 spiro atoms. The Morgan fingerprint density at radius 2 is 1.26 bits per heavy atom. The average molecular weight is 668 g/mol. The van der Waals surface area contributed by atoms with Gasteiger partial charge in [-0.3, -0.25) is 0 Å². The van der Waals surface area contributed by atoms with Gasteiger partial charge in [-0.25, -0.2) is 8.78 Å². The number of allylic oxidation sites excluding steroid dienone is 1. The largest absolute Gasteiger partial charge is 0.452 e. The minimum atomic E-state index is -3.33. The van der Waals surface area contributed by atoms with E-state index in [4.69, 9.17) is 15.2 Å². The van der Waals surface area contributed by atoms with E-state index in [9.17, 15) is 30.7 Å². The van der Waals surface area contributed by atoms with Gasteiger partial charge < -0.3 is 19.9 Å². The lowest BCUT2D eigenvalue weighted by atomic mass is 9.68. The van der Waals surface area contributed by atoms with E-state index in [1.807, 2.05) is 49.4 Å². The Bertz CT molecular complexity index is 1420. The van der Waals surface area contributed by atoms with Gasteiger partial charge >= 0.3 is 24.5 Å². The van der Waals surface area contributed by atoms with Crippen molar-refractivity contribution >= 4 is 0 Å². The van der Waals surface area contributed by atoms with Crippen molar-refractivity contribution in [2.45, 2.75) is 70.4 Å². The zero-order valence-electron chi connectivity index (χ0n) is 26.7. The van der Waals surface area contributed by atoms with E-state index in [0.29, 0.717) is 39.2 Å². The van der Waals surface area contributed by atoms with Gasteiger partial charge in [0.25, 0.3) is 0 Å². The van der Waals surface area contributed by atoms with Gasteiger partial charge in [-0.1, -0.05) is 80.8 Å². The minimum Gasteiger partial charge on any atom is -0.452 e. The van der Waals surface area contributed by atoms with Gasteiger partial charge in [0.2, 0.25) is 0 Å². The summed E-state index contributed by atoms with van der Waals surface area (Å²) in [6, 6.07) is 22.8. The minimum absolute atomic E-state index is 0.00414. The van der Waals surface area contributed by atoms with E-state index >= 15 is 0 Å². The fraction of sp³-hybridized carbons (Fsp3) is 0.333. The second kappa shape index (κ2) is 16.5. The van der Waals surface area contributed by atoms with Gasteiger partial charge in [-0.2, -0.15) is 22.0 Å². The van der Waals surface area contributed by atoms with E-state index < -0.39 is 29.9 Å². The molecule has 4 nitrogen and oxygen atoms in total. The van der Waals surface area contributed by atoms with E-state index in [-0.39, 0.29) is 23.8 Å². The van der Waals surface area contributed by atoms with Gasteiger partial charge in [0.1, 0.15) is 17.3 Å².